The number of rotatable bonds is 4. The van der Waals surface area contributed by atoms with Crippen LogP contribution in [0.15, 0.2) is 36.5 Å². The second-order valence-corrected chi connectivity index (χ2v) is 4.32. The summed E-state index contributed by atoms with van der Waals surface area (Å²) >= 11 is 0. The summed E-state index contributed by atoms with van der Waals surface area (Å²) in [7, 11) is 1.73. The highest BCUT2D eigenvalue weighted by atomic mass is 16.6. The Morgan fingerprint density at radius 2 is 2.10 bits per heavy atom. The Balaban J connectivity index is 2.28. The van der Waals surface area contributed by atoms with E-state index in [1.807, 2.05) is 0 Å². The van der Waals surface area contributed by atoms with E-state index in [1.165, 1.54) is 18.2 Å². The number of nitrogens with zero attached hydrogens (tertiary/aromatic N) is 3. The first-order valence-electron chi connectivity index (χ1n) is 5.95. The van der Waals surface area contributed by atoms with E-state index >= 15 is 0 Å². The van der Waals surface area contributed by atoms with Crippen LogP contribution in [0.4, 0.5) is 5.69 Å². The number of allylic oxidation sites excluding steroid dienone is 1. The molecule has 0 N–H and O–H groups in total. The minimum absolute atomic E-state index is 0.0283. The molecule has 0 bridgehead atoms. The van der Waals surface area contributed by atoms with Gasteiger partial charge < -0.3 is 0 Å². The molecule has 0 saturated heterocycles. The van der Waals surface area contributed by atoms with Crippen LogP contribution in [0.25, 0.3) is 6.08 Å². The van der Waals surface area contributed by atoms with Crippen molar-refractivity contribution < 1.29 is 9.72 Å². The predicted molar refractivity (Wildman–Crippen MR) is 74.4 cm³/mol. The number of aryl methyl sites for hydroxylation is 2. The van der Waals surface area contributed by atoms with Crippen LogP contribution in [0.2, 0.25) is 0 Å². The predicted octanol–water partition coefficient (Wildman–Crippen LogP) is 2.53. The van der Waals surface area contributed by atoms with Crippen molar-refractivity contribution in [2.45, 2.75) is 6.92 Å². The Morgan fingerprint density at radius 3 is 2.70 bits per heavy atom. The van der Waals surface area contributed by atoms with Gasteiger partial charge in [0, 0.05) is 19.3 Å². The number of ketones is 1. The molecular weight excluding hydrogens is 258 g/mol. The van der Waals surface area contributed by atoms with Crippen molar-refractivity contribution in [2.75, 3.05) is 0 Å². The molecule has 0 aliphatic carbocycles. The van der Waals surface area contributed by atoms with Crippen LogP contribution in [-0.2, 0) is 7.05 Å². The Bertz CT molecular complexity index is 701. The van der Waals surface area contributed by atoms with Gasteiger partial charge in [0.1, 0.15) is 0 Å². The van der Waals surface area contributed by atoms with Crippen molar-refractivity contribution in [3.8, 4) is 0 Å². The number of para-hydroxylation sites is 1. The number of carbonyl (C=O) groups excluding carboxylic acids is 1. The van der Waals surface area contributed by atoms with Gasteiger partial charge in [-0.25, -0.2) is 0 Å². The second kappa shape index (κ2) is 5.48. The standard InChI is InChI=1S/C14H13N3O3/c1-10-12(9-16(2)15-10)14(18)8-7-11-5-3-4-6-13(11)17(19)20/h3-9H,1-2H3/b8-7+. The number of benzene rings is 1. The molecule has 2 rings (SSSR count). The normalized spacial score (nSPS) is 10.9. The van der Waals surface area contributed by atoms with Gasteiger partial charge in [0.15, 0.2) is 5.78 Å². The van der Waals surface area contributed by atoms with E-state index in [0.29, 0.717) is 16.8 Å². The topological polar surface area (TPSA) is 78.0 Å². The Kier molecular flexibility index (Phi) is 3.74. The van der Waals surface area contributed by atoms with Gasteiger partial charge in [0.25, 0.3) is 5.69 Å². The van der Waals surface area contributed by atoms with Crippen molar-refractivity contribution in [2.24, 2.45) is 7.05 Å². The number of nitro groups is 1. The van der Waals surface area contributed by atoms with Gasteiger partial charge in [-0.1, -0.05) is 12.1 Å². The molecule has 0 aliphatic rings. The van der Waals surface area contributed by atoms with Crippen molar-refractivity contribution >= 4 is 17.5 Å². The molecule has 2 aromatic rings. The summed E-state index contributed by atoms with van der Waals surface area (Å²) in [5, 5.41) is 15.0. The van der Waals surface area contributed by atoms with Crippen LogP contribution in [-0.4, -0.2) is 20.5 Å². The van der Waals surface area contributed by atoms with Crippen molar-refractivity contribution in [1.82, 2.24) is 9.78 Å². The van der Waals surface area contributed by atoms with Gasteiger partial charge in [-0.3, -0.25) is 19.6 Å². The fraction of sp³-hybridized carbons (Fsp3) is 0.143. The molecule has 0 saturated carbocycles. The summed E-state index contributed by atoms with van der Waals surface area (Å²) in [5.41, 5.74) is 1.49. The molecule has 20 heavy (non-hydrogen) atoms. The number of hydrogen-bond acceptors (Lipinski definition) is 4. The molecular formula is C14H13N3O3. The molecule has 0 fully saturated rings. The van der Waals surface area contributed by atoms with Gasteiger partial charge in [0.2, 0.25) is 0 Å². The summed E-state index contributed by atoms with van der Waals surface area (Å²) in [6.07, 6.45) is 4.40. The molecule has 0 unspecified atom stereocenters. The maximum atomic E-state index is 12.0. The highest BCUT2D eigenvalue weighted by Gasteiger charge is 2.12. The Hall–Kier alpha value is -2.76. The van der Waals surface area contributed by atoms with Crippen molar-refractivity contribution in [3.05, 3.63) is 63.5 Å². The summed E-state index contributed by atoms with van der Waals surface area (Å²) in [5.74, 6) is -0.228. The third kappa shape index (κ3) is 2.80. The molecule has 1 heterocycles. The monoisotopic (exact) mass is 271 g/mol. The van der Waals surface area contributed by atoms with E-state index in [0.717, 1.165) is 0 Å². The smallest absolute Gasteiger partial charge is 0.276 e. The van der Waals surface area contributed by atoms with E-state index in [1.54, 1.807) is 43.0 Å². The highest BCUT2D eigenvalue weighted by Crippen LogP contribution is 2.19. The highest BCUT2D eigenvalue weighted by molar-refractivity contribution is 6.07. The lowest BCUT2D eigenvalue weighted by Gasteiger charge is -1.96. The molecule has 0 atom stereocenters. The minimum atomic E-state index is -0.473. The maximum Gasteiger partial charge on any atom is 0.276 e. The molecule has 1 aromatic carbocycles. The lowest BCUT2D eigenvalue weighted by Crippen LogP contribution is -1.95. The van der Waals surface area contributed by atoms with Crippen LogP contribution in [0, 0.1) is 17.0 Å². The van der Waals surface area contributed by atoms with Crippen molar-refractivity contribution in [3.63, 3.8) is 0 Å². The molecule has 0 radical (unpaired) electrons. The molecule has 102 valence electrons. The minimum Gasteiger partial charge on any atom is -0.289 e. The number of hydrogen-bond donors (Lipinski definition) is 0. The zero-order valence-electron chi connectivity index (χ0n) is 11.1. The molecule has 6 nitrogen and oxygen atoms in total. The van der Waals surface area contributed by atoms with Crippen molar-refractivity contribution in [1.29, 1.82) is 0 Å². The number of nitro benzene ring substituents is 1. The summed E-state index contributed by atoms with van der Waals surface area (Å²) in [6, 6.07) is 6.27. The van der Waals surface area contributed by atoms with Crippen LogP contribution >= 0.6 is 0 Å². The van der Waals surface area contributed by atoms with E-state index in [-0.39, 0.29) is 11.5 Å². The first-order valence-corrected chi connectivity index (χ1v) is 5.95. The Labute approximate surface area is 115 Å². The third-order valence-corrected chi connectivity index (χ3v) is 2.83. The first-order chi connectivity index (χ1) is 9.49. The number of carbonyl (C=O) groups is 1. The molecule has 0 aliphatic heterocycles. The SMILES string of the molecule is Cc1nn(C)cc1C(=O)/C=C/c1ccccc1[N+](=O)[O-]. The van der Waals surface area contributed by atoms with E-state index in [9.17, 15) is 14.9 Å². The first kappa shape index (κ1) is 13.7. The summed E-state index contributed by atoms with van der Waals surface area (Å²) in [6.45, 7) is 1.74. The summed E-state index contributed by atoms with van der Waals surface area (Å²) < 4.78 is 1.56. The van der Waals surface area contributed by atoms with Crippen LogP contribution < -0.4 is 0 Å². The third-order valence-electron chi connectivity index (χ3n) is 2.83. The fourth-order valence-electron chi connectivity index (χ4n) is 1.89. The molecule has 0 amide bonds. The van der Waals surface area contributed by atoms with Gasteiger partial charge in [0.05, 0.1) is 21.7 Å². The average molecular weight is 271 g/mol. The zero-order chi connectivity index (χ0) is 14.7. The van der Waals surface area contributed by atoms with E-state index in [4.69, 9.17) is 0 Å². The fourth-order valence-corrected chi connectivity index (χ4v) is 1.89. The van der Waals surface area contributed by atoms with E-state index in [2.05, 4.69) is 5.10 Å². The maximum absolute atomic E-state index is 12.0. The van der Waals surface area contributed by atoms with Crippen LogP contribution in [0.5, 0.6) is 0 Å². The largest absolute Gasteiger partial charge is 0.289 e. The second-order valence-electron chi connectivity index (χ2n) is 4.32. The Morgan fingerprint density at radius 1 is 1.40 bits per heavy atom. The quantitative estimate of drug-likeness (QED) is 0.370. The lowest BCUT2D eigenvalue weighted by atomic mass is 10.1. The lowest BCUT2D eigenvalue weighted by molar-refractivity contribution is -0.385. The van der Waals surface area contributed by atoms with Crippen LogP contribution in [0.1, 0.15) is 21.6 Å². The number of aromatic nitrogens is 2. The van der Waals surface area contributed by atoms with Gasteiger partial charge in [-0.15, -0.1) is 0 Å². The van der Waals surface area contributed by atoms with Crippen LogP contribution in [0.3, 0.4) is 0 Å². The van der Waals surface area contributed by atoms with Gasteiger partial charge in [-0.05, 0) is 25.1 Å². The summed E-state index contributed by atoms with van der Waals surface area (Å²) in [4.78, 5) is 22.4. The molecule has 6 heteroatoms. The molecule has 0 spiro atoms. The van der Waals surface area contributed by atoms with Gasteiger partial charge >= 0.3 is 0 Å². The molecule has 1 aromatic heterocycles. The van der Waals surface area contributed by atoms with E-state index < -0.39 is 4.92 Å². The van der Waals surface area contributed by atoms with Gasteiger partial charge in [-0.2, -0.15) is 5.10 Å². The zero-order valence-corrected chi connectivity index (χ0v) is 11.1. The average Bonchev–Trinajstić information content (AvgIpc) is 2.75.